The van der Waals surface area contributed by atoms with Crippen LogP contribution in [0.1, 0.15) is 55.6 Å². The molecule has 2 N–H and O–H groups in total. The van der Waals surface area contributed by atoms with Crippen LogP contribution in [0.4, 0.5) is 0 Å². The normalized spacial score (nSPS) is 16.1. The smallest absolute Gasteiger partial charge is 0.305 e. The highest BCUT2D eigenvalue weighted by Gasteiger charge is 2.27. The average molecular weight is 264 g/mol. The number of nitrogens with one attached hydrogen (secondary N) is 1. The molecule has 104 valence electrons. The number of nitrogens with zero attached hydrogens (tertiary/aromatic N) is 1. The summed E-state index contributed by atoms with van der Waals surface area (Å²) in [6.07, 6.45) is 5.65. The Kier molecular flexibility index (Phi) is 4.24. The Bertz CT molecular complexity index is 463. The Morgan fingerprint density at radius 1 is 1.53 bits per heavy atom. The van der Waals surface area contributed by atoms with E-state index >= 15 is 0 Å². The number of hydrogen-bond donors (Lipinski definition) is 2. The van der Waals surface area contributed by atoms with Crippen LogP contribution in [-0.2, 0) is 4.79 Å². The molecule has 1 aliphatic carbocycles. The minimum absolute atomic E-state index is 0.0241. The van der Waals surface area contributed by atoms with Crippen LogP contribution in [0.5, 0.6) is 0 Å². The van der Waals surface area contributed by atoms with E-state index < -0.39 is 5.97 Å². The van der Waals surface area contributed by atoms with Crippen molar-refractivity contribution in [2.24, 2.45) is 0 Å². The quantitative estimate of drug-likeness (QED) is 0.793. The molecule has 5 nitrogen and oxygen atoms in total. The first-order valence-corrected chi connectivity index (χ1v) is 6.81. The summed E-state index contributed by atoms with van der Waals surface area (Å²) < 4.78 is 1.99. The molecule has 1 aromatic rings. The number of carboxylic acids is 1. The number of carboxylic acid groups (broad SMARTS) is 1. The van der Waals surface area contributed by atoms with Crippen LogP contribution >= 0.6 is 0 Å². The summed E-state index contributed by atoms with van der Waals surface area (Å²) in [4.78, 5) is 23.0. The van der Waals surface area contributed by atoms with Crippen molar-refractivity contribution in [3.8, 4) is 0 Å². The van der Waals surface area contributed by atoms with Crippen molar-refractivity contribution in [2.75, 3.05) is 0 Å². The van der Waals surface area contributed by atoms with Crippen LogP contribution in [0.15, 0.2) is 18.3 Å². The standard InChI is InChI=1S/C14H20N2O3/c1-2-4-10(9-13(17)18)15-14(19)12-5-3-8-16(12)11-6-7-11/h3,5,8,10-11H,2,4,6-7,9H2,1H3,(H,15,19)(H,17,18). The van der Waals surface area contributed by atoms with Gasteiger partial charge in [0.1, 0.15) is 5.69 Å². The second-order valence-corrected chi connectivity index (χ2v) is 5.09. The van der Waals surface area contributed by atoms with Crippen molar-refractivity contribution in [3.05, 3.63) is 24.0 Å². The number of aromatic nitrogens is 1. The number of rotatable bonds is 7. The Balaban J connectivity index is 2.01. The Hall–Kier alpha value is -1.78. The van der Waals surface area contributed by atoms with Crippen molar-refractivity contribution in [1.29, 1.82) is 0 Å². The van der Waals surface area contributed by atoms with E-state index in [4.69, 9.17) is 5.11 Å². The summed E-state index contributed by atoms with van der Waals surface area (Å²) in [6, 6.07) is 3.80. The topological polar surface area (TPSA) is 71.3 Å². The lowest BCUT2D eigenvalue weighted by Gasteiger charge is -2.17. The van der Waals surface area contributed by atoms with E-state index in [0.717, 1.165) is 19.3 Å². The van der Waals surface area contributed by atoms with E-state index in [1.165, 1.54) is 0 Å². The molecule has 1 atom stereocenters. The van der Waals surface area contributed by atoms with Gasteiger partial charge in [-0.2, -0.15) is 0 Å². The second-order valence-electron chi connectivity index (χ2n) is 5.09. The van der Waals surface area contributed by atoms with E-state index in [9.17, 15) is 9.59 Å². The maximum atomic E-state index is 12.2. The monoisotopic (exact) mass is 264 g/mol. The third-order valence-corrected chi connectivity index (χ3v) is 3.35. The zero-order valence-electron chi connectivity index (χ0n) is 11.1. The van der Waals surface area contributed by atoms with Crippen LogP contribution in [0, 0.1) is 0 Å². The van der Waals surface area contributed by atoms with E-state index in [2.05, 4.69) is 5.32 Å². The Morgan fingerprint density at radius 2 is 2.26 bits per heavy atom. The summed E-state index contributed by atoms with van der Waals surface area (Å²) in [7, 11) is 0. The second kappa shape index (κ2) is 5.91. The number of hydrogen-bond acceptors (Lipinski definition) is 2. The van der Waals surface area contributed by atoms with Crippen molar-refractivity contribution in [3.63, 3.8) is 0 Å². The molecular formula is C14H20N2O3. The summed E-state index contributed by atoms with van der Waals surface area (Å²) in [6.45, 7) is 1.98. The third kappa shape index (κ3) is 3.59. The van der Waals surface area contributed by atoms with E-state index in [-0.39, 0.29) is 18.4 Å². The predicted molar refractivity (Wildman–Crippen MR) is 71.1 cm³/mol. The molecule has 1 aromatic heterocycles. The lowest BCUT2D eigenvalue weighted by Crippen LogP contribution is -2.37. The fourth-order valence-corrected chi connectivity index (χ4v) is 2.30. The van der Waals surface area contributed by atoms with E-state index in [1.807, 2.05) is 23.8 Å². The van der Waals surface area contributed by atoms with Crippen LogP contribution in [0.3, 0.4) is 0 Å². The van der Waals surface area contributed by atoms with E-state index in [0.29, 0.717) is 18.2 Å². The van der Waals surface area contributed by atoms with Gasteiger partial charge in [-0.05, 0) is 31.4 Å². The molecule has 0 spiro atoms. The molecule has 1 amide bonds. The first kappa shape index (κ1) is 13.6. The van der Waals surface area contributed by atoms with E-state index in [1.54, 1.807) is 6.07 Å². The van der Waals surface area contributed by atoms with Gasteiger partial charge >= 0.3 is 5.97 Å². The third-order valence-electron chi connectivity index (χ3n) is 3.35. The fraction of sp³-hybridized carbons (Fsp3) is 0.571. The molecule has 1 saturated carbocycles. The van der Waals surface area contributed by atoms with Gasteiger partial charge in [0.15, 0.2) is 0 Å². The zero-order valence-corrected chi connectivity index (χ0v) is 11.1. The Morgan fingerprint density at radius 3 is 2.84 bits per heavy atom. The minimum Gasteiger partial charge on any atom is -0.481 e. The van der Waals surface area contributed by atoms with Crippen LogP contribution < -0.4 is 5.32 Å². The molecule has 1 aliphatic rings. The maximum Gasteiger partial charge on any atom is 0.305 e. The summed E-state index contributed by atoms with van der Waals surface area (Å²) in [5.74, 6) is -1.05. The first-order chi connectivity index (χ1) is 9.11. The van der Waals surface area contributed by atoms with Crippen molar-refractivity contribution in [2.45, 2.75) is 51.1 Å². The highest BCUT2D eigenvalue weighted by atomic mass is 16.4. The highest BCUT2D eigenvalue weighted by molar-refractivity contribution is 5.93. The summed E-state index contributed by atoms with van der Waals surface area (Å²) in [5.41, 5.74) is 0.633. The predicted octanol–water partition coefficient (Wildman–Crippen LogP) is 2.20. The number of carbonyl (C=O) groups is 2. The molecule has 0 aromatic carbocycles. The Labute approximate surface area is 112 Å². The van der Waals surface area contributed by atoms with Crippen LogP contribution in [-0.4, -0.2) is 27.6 Å². The van der Waals surface area contributed by atoms with Gasteiger partial charge in [-0.25, -0.2) is 0 Å². The maximum absolute atomic E-state index is 12.2. The molecule has 0 saturated heterocycles. The molecule has 0 aliphatic heterocycles. The van der Waals surface area contributed by atoms with Gasteiger partial charge in [0.25, 0.3) is 5.91 Å². The van der Waals surface area contributed by atoms with Crippen LogP contribution in [0.25, 0.3) is 0 Å². The fourth-order valence-electron chi connectivity index (χ4n) is 2.30. The van der Waals surface area contributed by atoms with Crippen molar-refractivity contribution >= 4 is 11.9 Å². The number of amides is 1. The average Bonchev–Trinajstić information content (AvgIpc) is 3.06. The van der Waals surface area contributed by atoms with Crippen LogP contribution in [0.2, 0.25) is 0 Å². The highest BCUT2D eigenvalue weighted by Crippen LogP contribution is 2.35. The molecule has 5 heteroatoms. The molecular weight excluding hydrogens is 244 g/mol. The van der Waals surface area contributed by atoms with Crippen molar-refractivity contribution < 1.29 is 14.7 Å². The van der Waals surface area contributed by atoms with Crippen molar-refractivity contribution in [1.82, 2.24) is 9.88 Å². The lowest BCUT2D eigenvalue weighted by molar-refractivity contribution is -0.137. The molecule has 1 heterocycles. The van der Waals surface area contributed by atoms with Gasteiger partial charge in [0, 0.05) is 18.3 Å². The van der Waals surface area contributed by atoms with Gasteiger partial charge in [-0.1, -0.05) is 13.3 Å². The molecule has 1 fully saturated rings. The minimum atomic E-state index is -0.878. The SMILES string of the molecule is CCCC(CC(=O)O)NC(=O)c1cccn1C1CC1. The lowest BCUT2D eigenvalue weighted by atomic mass is 10.1. The van der Waals surface area contributed by atoms with Gasteiger partial charge in [-0.15, -0.1) is 0 Å². The molecule has 0 radical (unpaired) electrons. The van der Waals surface area contributed by atoms with Gasteiger partial charge in [0.2, 0.25) is 0 Å². The number of carbonyl (C=O) groups excluding carboxylic acids is 1. The molecule has 0 bridgehead atoms. The largest absolute Gasteiger partial charge is 0.481 e. The first-order valence-electron chi connectivity index (χ1n) is 6.81. The van der Waals surface area contributed by atoms with Gasteiger partial charge in [-0.3, -0.25) is 9.59 Å². The number of aliphatic carboxylic acids is 1. The zero-order chi connectivity index (χ0) is 13.8. The molecule has 1 unspecified atom stereocenters. The summed E-state index contributed by atoms with van der Waals surface area (Å²) >= 11 is 0. The molecule has 2 rings (SSSR count). The molecule has 19 heavy (non-hydrogen) atoms. The summed E-state index contributed by atoms with van der Waals surface area (Å²) in [5, 5.41) is 11.7. The van der Waals surface area contributed by atoms with Gasteiger partial charge < -0.3 is 15.0 Å². The van der Waals surface area contributed by atoms with Gasteiger partial charge in [0.05, 0.1) is 6.42 Å².